The number of rotatable bonds is 6. The first kappa shape index (κ1) is 11.9. The summed E-state index contributed by atoms with van der Waals surface area (Å²) in [5.74, 6) is 0.721. The van der Waals surface area contributed by atoms with E-state index in [2.05, 4.69) is 26.1 Å². The van der Waals surface area contributed by atoms with E-state index in [1.54, 1.807) is 0 Å². The molecule has 0 spiro atoms. The summed E-state index contributed by atoms with van der Waals surface area (Å²) in [5.41, 5.74) is 0. The molecule has 0 unspecified atom stereocenters. The Morgan fingerprint density at radius 2 is 1.83 bits per heavy atom. The van der Waals surface area contributed by atoms with Gasteiger partial charge >= 0.3 is 0 Å². The third-order valence-electron chi connectivity index (χ3n) is 2.53. The summed E-state index contributed by atoms with van der Waals surface area (Å²) in [5, 5.41) is 12.4. The van der Waals surface area contributed by atoms with E-state index in [1.165, 1.54) is 6.42 Å². The normalized spacial score (nSPS) is 18.8. The first-order valence-electron chi connectivity index (χ1n) is 4.99. The highest BCUT2D eigenvalue weighted by molar-refractivity contribution is 4.67. The maximum Gasteiger partial charge on any atom is 0.0524 e. The molecule has 0 aromatic rings. The molecule has 2 heteroatoms. The zero-order chi connectivity index (χ0) is 9.56. The van der Waals surface area contributed by atoms with Crippen molar-refractivity contribution in [1.29, 1.82) is 0 Å². The minimum Gasteiger partial charge on any atom is -0.393 e. The van der Waals surface area contributed by atoms with Crippen molar-refractivity contribution in [3.8, 4) is 0 Å². The molecule has 12 heavy (non-hydrogen) atoms. The Bertz CT molecular complexity index is 104. The molecular weight excluding hydrogens is 150 g/mol. The molecule has 0 saturated heterocycles. The number of hydrogen-bond donors (Lipinski definition) is 2. The number of aliphatic hydroxyl groups is 1. The third kappa shape index (κ3) is 5.56. The van der Waals surface area contributed by atoms with Gasteiger partial charge in [-0.25, -0.2) is 0 Å². The molecule has 0 aromatic carbocycles. The van der Waals surface area contributed by atoms with Crippen molar-refractivity contribution in [3.63, 3.8) is 0 Å². The van der Waals surface area contributed by atoms with Crippen molar-refractivity contribution < 1.29 is 5.11 Å². The second kappa shape index (κ2) is 6.44. The maximum absolute atomic E-state index is 9.02. The van der Waals surface area contributed by atoms with Gasteiger partial charge in [-0.1, -0.05) is 20.3 Å². The van der Waals surface area contributed by atoms with E-state index in [9.17, 15) is 0 Å². The molecule has 2 nitrogen and oxygen atoms in total. The number of hydrogen-bond acceptors (Lipinski definition) is 2. The Morgan fingerprint density at radius 3 is 2.25 bits per heavy atom. The lowest BCUT2D eigenvalue weighted by atomic mass is 10.0. The van der Waals surface area contributed by atoms with E-state index in [1.807, 2.05) is 6.92 Å². The first-order chi connectivity index (χ1) is 5.57. The molecule has 0 aromatic heterocycles. The lowest BCUT2D eigenvalue weighted by Crippen LogP contribution is -2.33. The Morgan fingerprint density at radius 1 is 1.25 bits per heavy atom. The van der Waals surface area contributed by atoms with Gasteiger partial charge in [-0.05, 0) is 32.7 Å². The maximum atomic E-state index is 9.02. The van der Waals surface area contributed by atoms with Gasteiger partial charge in [0.2, 0.25) is 0 Å². The minimum atomic E-state index is -0.179. The molecule has 0 heterocycles. The van der Waals surface area contributed by atoms with E-state index in [0.29, 0.717) is 6.04 Å². The van der Waals surface area contributed by atoms with Crippen molar-refractivity contribution in [2.45, 2.75) is 52.7 Å². The second-order valence-electron chi connectivity index (χ2n) is 3.77. The van der Waals surface area contributed by atoms with Crippen LogP contribution in [0, 0.1) is 5.92 Å². The summed E-state index contributed by atoms with van der Waals surface area (Å²) >= 11 is 0. The van der Waals surface area contributed by atoms with Crippen LogP contribution in [0.25, 0.3) is 0 Å². The lowest BCUT2D eigenvalue weighted by molar-refractivity contribution is 0.181. The summed E-state index contributed by atoms with van der Waals surface area (Å²) in [7, 11) is 0. The molecule has 0 saturated carbocycles. The van der Waals surface area contributed by atoms with Crippen LogP contribution >= 0.6 is 0 Å². The smallest absolute Gasteiger partial charge is 0.0524 e. The van der Waals surface area contributed by atoms with Gasteiger partial charge in [0, 0.05) is 6.04 Å². The average Bonchev–Trinajstić information content (AvgIpc) is 2.02. The fourth-order valence-corrected chi connectivity index (χ4v) is 1.07. The standard InChI is InChI=1S/C10H23NO/c1-5-8(2)10(4)11-7-6-9(3)12/h8-12H,5-7H2,1-4H3/t8-,9-,10+/m1/s1. The molecule has 0 aliphatic carbocycles. The van der Waals surface area contributed by atoms with E-state index in [4.69, 9.17) is 5.11 Å². The molecule has 0 radical (unpaired) electrons. The molecule has 0 rings (SSSR count). The van der Waals surface area contributed by atoms with Crippen LogP contribution in [0.2, 0.25) is 0 Å². The molecule has 0 bridgehead atoms. The zero-order valence-electron chi connectivity index (χ0n) is 8.80. The van der Waals surface area contributed by atoms with E-state index in [-0.39, 0.29) is 6.10 Å². The number of nitrogens with one attached hydrogen (secondary N) is 1. The van der Waals surface area contributed by atoms with Gasteiger partial charge in [0.05, 0.1) is 6.10 Å². The highest BCUT2D eigenvalue weighted by atomic mass is 16.3. The molecular formula is C10H23NO. The van der Waals surface area contributed by atoms with Crippen LogP contribution in [0.15, 0.2) is 0 Å². The van der Waals surface area contributed by atoms with Crippen LogP contribution in [0.3, 0.4) is 0 Å². The van der Waals surface area contributed by atoms with Crippen LogP contribution in [-0.4, -0.2) is 23.8 Å². The molecule has 0 aliphatic rings. The zero-order valence-corrected chi connectivity index (χ0v) is 8.80. The van der Waals surface area contributed by atoms with Crippen molar-refractivity contribution in [2.24, 2.45) is 5.92 Å². The summed E-state index contributed by atoms with van der Waals surface area (Å²) in [6, 6.07) is 0.564. The van der Waals surface area contributed by atoms with Crippen LogP contribution in [0.5, 0.6) is 0 Å². The molecule has 74 valence electrons. The van der Waals surface area contributed by atoms with Gasteiger partial charge in [0.25, 0.3) is 0 Å². The fourth-order valence-electron chi connectivity index (χ4n) is 1.07. The highest BCUT2D eigenvalue weighted by Gasteiger charge is 2.08. The summed E-state index contributed by atoms with van der Waals surface area (Å²) < 4.78 is 0. The van der Waals surface area contributed by atoms with Crippen molar-refractivity contribution in [3.05, 3.63) is 0 Å². The van der Waals surface area contributed by atoms with Gasteiger partial charge in [-0.2, -0.15) is 0 Å². The van der Waals surface area contributed by atoms with E-state index in [0.717, 1.165) is 18.9 Å². The van der Waals surface area contributed by atoms with Crippen molar-refractivity contribution in [2.75, 3.05) is 6.54 Å². The summed E-state index contributed by atoms with van der Waals surface area (Å²) in [4.78, 5) is 0. The predicted octanol–water partition coefficient (Wildman–Crippen LogP) is 1.78. The monoisotopic (exact) mass is 173 g/mol. The number of aliphatic hydroxyl groups excluding tert-OH is 1. The van der Waals surface area contributed by atoms with Gasteiger partial charge in [0.1, 0.15) is 0 Å². The van der Waals surface area contributed by atoms with Crippen molar-refractivity contribution >= 4 is 0 Å². The largest absolute Gasteiger partial charge is 0.393 e. The predicted molar refractivity (Wildman–Crippen MR) is 53.2 cm³/mol. The van der Waals surface area contributed by atoms with Gasteiger partial charge in [-0.15, -0.1) is 0 Å². The Hall–Kier alpha value is -0.0800. The Kier molecular flexibility index (Phi) is 6.39. The molecule has 2 N–H and O–H groups in total. The van der Waals surface area contributed by atoms with Crippen LogP contribution in [-0.2, 0) is 0 Å². The second-order valence-corrected chi connectivity index (χ2v) is 3.77. The van der Waals surface area contributed by atoms with E-state index < -0.39 is 0 Å². The van der Waals surface area contributed by atoms with Gasteiger partial charge in [0.15, 0.2) is 0 Å². The molecule has 0 fully saturated rings. The summed E-state index contributed by atoms with van der Waals surface area (Å²) in [6.07, 6.45) is 1.88. The SMILES string of the molecule is CC[C@@H](C)[C@H](C)NCC[C@@H](C)O. The first-order valence-corrected chi connectivity index (χ1v) is 4.99. The Labute approximate surface area is 76.4 Å². The van der Waals surface area contributed by atoms with Gasteiger partial charge < -0.3 is 10.4 Å². The highest BCUT2D eigenvalue weighted by Crippen LogP contribution is 2.06. The average molecular weight is 173 g/mol. The van der Waals surface area contributed by atoms with Crippen LogP contribution < -0.4 is 5.32 Å². The van der Waals surface area contributed by atoms with E-state index >= 15 is 0 Å². The van der Waals surface area contributed by atoms with Gasteiger partial charge in [-0.3, -0.25) is 0 Å². The minimum absolute atomic E-state index is 0.179. The lowest BCUT2D eigenvalue weighted by Gasteiger charge is -2.20. The topological polar surface area (TPSA) is 32.3 Å². The molecule has 0 aliphatic heterocycles. The molecule has 3 atom stereocenters. The third-order valence-corrected chi connectivity index (χ3v) is 2.53. The fraction of sp³-hybridized carbons (Fsp3) is 1.00. The quantitative estimate of drug-likeness (QED) is 0.641. The van der Waals surface area contributed by atoms with Crippen LogP contribution in [0.1, 0.15) is 40.5 Å². The van der Waals surface area contributed by atoms with Crippen molar-refractivity contribution in [1.82, 2.24) is 5.32 Å². The van der Waals surface area contributed by atoms with Crippen LogP contribution in [0.4, 0.5) is 0 Å². The molecule has 0 amide bonds. The Balaban J connectivity index is 3.37. The summed E-state index contributed by atoms with van der Waals surface area (Å²) in [6.45, 7) is 9.41.